The van der Waals surface area contributed by atoms with Gasteiger partial charge in [-0.3, -0.25) is 29.0 Å². The number of benzene rings is 1. The van der Waals surface area contributed by atoms with Crippen molar-refractivity contribution in [2.24, 2.45) is 5.92 Å². The predicted molar refractivity (Wildman–Crippen MR) is 165 cm³/mol. The summed E-state index contributed by atoms with van der Waals surface area (Å²) in [6.45, 7) is 5.27. The molecule has 1 spiro atoms. The number of hydrogen-bond donors (Lipinski definition) is 0. The molecule has 7 rings (SSSR count). The molecule has 2 atom stereocenters. The molecule has 48 heavy (non-hydrogen) atoms. The average molecular weight is 667 g/mol. The minimum atomic E-state index is -4.72. The van der Waals surface area contributed by atoms with Crippen molar-refractivity contribution in [3.63, 3.8) is 0 Å². The molecule has 1 aromatic carbocycles. The van der Waals surface area contributed by atoms with Gasteiger partial charge in [0.25, 0.3) is 0 Å². The second kappa shape index (κ2) is 10.9. The van der Waals surface area contributed by atoms with Crippen LogP contribution in [0.3, 0.4) is 0 Å². The molecule has 0 aliphatic carbocycles. The van der Waals surface area contributed by atoms with E-state index in [2.05, 4.69) is 16.5 Å². The Balaban J connectivity index is 1.23. The number of hydrogen-bond acceptors (Lipinski definition) is 7. The zero-order valence-corrected chi connectivity index (χ0v) is 25.9. The Kier molecular flexibility index (Phi) is 7.10. The summed E-state index contributed by atoms with van der Waals surface area (Å²) in [4.78, 5) is 69.1. The number of carbonyl (C=O) groups excluding carboxylic acids is 4. The van der Waals surface area contributed by atoms with E-state index >= 15 is 4.39 Å². The molecular formula is C32H30F4N8O4. The third kappa shape index (κ3) is 4.80. The molecular weight excluding hydrogens is 636 g/mol. The summed E-state index contributed by atoms with van der Waals surface area (Å²) in [5, 5.41) is 0. The molecule has 2 aromatic heterocycles. The van der Waals surface area contributed by atoms with Crippen LogP contribution in [0.2, 0.25) is 0 Å². The van der Waals surface area contributed by atoms with E-state index in [-0.39, 0.29) is 54.8 Å². The second-order valence-corrected chi connectivity index (χ2v) is 12.6. The van der Waals surface area contributed by atoms with Gasteiger partial charge < -0.3 is 19.3 Å². The van der Waals surface area contributed by atoms with Gasteiger partial charge in [-0.1, -0.05) is 12.6 Å². The van der Waals surface area contributed by atoms with Gasteiger partial charge in [0.15, 0.2) is 0 Å². The predicted octanol–water partition coefficient (Wildman–Crippen LogP) is 2.72. The summed E-state index contributed by atoms with van der Waals surface area (Å²) in [5.74, 6) is -3.41. The number of amides is 4. The van der Waals surface area contributed by atoms with Gasteiger partial charge >= 0.3 is 6.18 Å². The van der Waals surface area contributed by atoms with E-state index in [9.17, 15) is 32.3 Å². The monoisotopic (exact) mass is 666 g/mol. The van der Waals surface area contributed by atoms with E-state index in [1.54, 1.807) is 17.3 Å². The Morgan fingerprint density at radius 3 is 2.60 bits per heavy atom. The van der Waals surface area contributed by atoms with Gasteiger partial charge in [0.05, 0.1) is 30.0 Å². The van der Waals surface area contributed by atoms with Crippen LogP contribution in [0.15, 0.2) is 55.4 Å². The molecule has 4 aliphatic rings. The molecule has 2 fully saturated rings. The van der Waals surface area contributed by atoms with Crippen LogP contribution in [0, 0.1) is 18.7 Å². The van der Waals surface area contributed by atoms with E-state index in [1.165, 1.54) is 48.0 Å². The number of para-hydroxylation sites is 1. The molecule has 0 unspecified atom stereocenters. The summed E-state index contributed by atoms with van der Waals surface area (Å²) in [7, 11) is 1.39. The number of nitrogens with zero attached hydrogens (tertiary/aromatic N) is 8. The summed E-state index contributed by atoms with van der Waals surface area (Å²) in [6, 6.07) is 4.42. The number of aromatic nitrogens is 3. The van der Waals surface area contributed by atoms with E-state index in [1.807, 2.05) is 4.57 Å². The minimum Gasteiger partial charge on any atom is -0.358 e. The van der Waals surface area contributed by atoms with Crippen molar-refractivity contribution in [3.8, 4) is 0 Å². The molecule has 4 amide bonds. The first kappa shape index (κ1) is 31.3. The molecule has 250 valence electrons. The molecule has 6 heterocycles. The molecule has 3 aromatic rings. The maximum atomic E-state index is 15.7. The average Bonchev–Trinajstić information content (AvgIpc) is 3.70. The molecule has 0 saturated carbocycles. The lowest BCUT2D eigenvalue weighted by Gasteiger charge is -2.48. The molecule has 16 heteroatoms. The van der Waals surface area contributed by atoms with Gasteiger partial charge in [0, 0.05) is 57.1 Å². The van der Waals surface area contributed by atoms with Crippen molar-refractivity contribution in [1.29, 1.82) is 0 Å². The van der Waals surface area contributed by atoms with Gasteiger partial charge in [0.1, 0.15) is 23.2 Å². The van der Waals surface area contributed by atoms with Crippen LogP contribution in [-0.2, 0) is 30.9 Å². The fourth-order valence-corrected chi connectivity index (χ4v) is 7.36. The topological polar surface area (TPSA) is 115 Å². The van der Waals surface area contributed by atoms with Gasteiger partial charge in [-0.15, -0.1) is 0 Å². The van der Waals surface area contributed by atoms with E-state index in [0.29, 0.717) is 19.0 Å². The zero-order valence-electron chi connectivity index (χ0n) is 25.9. The number of halogens is 4. The zero-order chi connectivity index (χ0) is 34.3. The fraction of sp³-hybridized carbons (Fsp3) is 0.375. The highest BCUT2D eigenvalue weighted by molar-refractivity contribution is 6.10. The van der Waals surface area contributed by atoms with Crippen LogP contribution in [0.5, 0.6) is 0 Å². The smallest absolute Gasteiger partial charge is 0.358 e. The lowest BCUT2D eigenvalue weighted by molar-refractivity contribution is -0.138. The van der Waals surface area contributed by atoms with Crippen molar-refractivity contribution in [1.82, 2.24) is 19.4 Å². The Bertz CT molecular complexity index is 1890. The first-order valence-electron chi connectivity index (χ1n) is 15.2. The maximum Gasteiger partial charge on any atom is 0.416 e. The lowest BCUT2D eigenvalue weighted by atomic mass is 9.89. The van der Waals surface area contributed by atoms with Crippen molar-refractivity contribution in [3.05, 3.63) is 72.5 Å². The molecule has 4 aliphatic heterocycles. The van der Waals surface area contributed by atoms with Crippen molar-refractivity contribution in [2.45, 2.75) is 31.1 Å². The highest BCUT2D eigenvalue weighted by atomic mass is 19.4. The van der Waals surface area contributed by atoms with Crippen molar-refractivity contribution in [2.75, 3.05) is 59.4 Å². The lowest BCUT2D eigenvalue weighted by Crippen LogP contribution is -2.65. The molecule has 0 bridgehead atoms. The Labute approximate surface area is 271 Å². The number of rotatable bonds is 4. The quantitative estimate of drug-likeness (QED) is 0.311. The largest absolute Gasteiger partial charge is 0.416 e. The summed E-state index contributed by atoms with van der Waals surface area (Å²) in [6.07, 6.45) is -0.465. The summed E-state index contributed by atoms with van der Waals surface area (Å²) in [5.41, 5.74) is -1.50. The van der Waals surface area contributed by atoms with Gasteiger partial charge in [-0.2, -0.15) is 13.2 Å². The van der Waals surface area contributed by atoms with Gasteiger partial charge in [-0.05, 0) is 37.3 Å². The SMILES string of the molecule is C=CC(=O)N1CC2(C1)CN(C(=O)CN1C[C@H]3CC(=O)N(c4cc(C(F)(F)F)cc(C)n4)[C@@H]3C(=O)N(C)c3cccc(F)c31)c1nccn12. The summed E-state index contributed by atoms with van der Waals surface area (Å²) >= 11 is 0. The minimum absolute atomic E-state index is 0.00699. The number of anilines is 4. The number of aryl methyl sites for hydroxylation is 1. The second-order valence-electron chi connectivity index (χ2n) is 12.6. The number of pyridine rings is 1. The Morgan fingerprint density at radius 1 is 1.15 bits per heavy atom. The molecule has 2 saturated heterocycles. The van der Waals surface area contributed by atoms with Crippen LogP contribution >= 0.6 is 0 Å². The Morgan fingerprint density at radius 2 is 1.90 bits per heavy atom. The number of carbonyl (C=O) groups is 4. The first-order chi connectivity index (χ1) is 22.7. The van der Waals surface area contributed by atoms with Gasteiger partial charge in [-0.25, -0.2) is 14.4 Å². The van der Waals surface area contributed by atoms with Crippen LogP contribution in [0.1, 0.15) is 17.7 Å². The number of likely N-dealkylation sites (tertiary alicyclic amines) is 1. The molecule has 0 radical (unpaired) electrons. The standard InChI is InChI=1S/C32H30F4N8O4/c1-4-24(45)41-15-31(16-41)17-42(30-37-8-9-43(30)31)26(47)14-40-13-19-11-25(46)44(23-12-20(32(34,35)36)10-18(2)38-23)27(19)29(48)39(3)22-7-5-6-21(33)28(22)40/h4-10,12,19,27H,1,11,13-17H2,2-3H3/t19-,27+/m1/s1. The Hall–Kier alpha value is -5.28. The number of alkyl halides is 3. The highest BCUT2D eigenvalue weighted by Crippen LogP contribution is 2.43. The molecule has 12 nitrogen and oxygen atoms in total. The van der Waals surface area contributed by atoms with Crippen molar-refractivity contribution >= 4 is 46.8 Å². The molecule has 0 N–H and O–H groups in total. The normalized spacial score (nSPS) is 21.5. The van der Waals surface area contributed by atoms with Crippen LogP contribution in [0.25, 0.3) is 0 Å². The third-order valence-corrected chi connectivity index (χ3v) is 9.54. The number of likely N-dealkylation sites (N-methyl/N-ethyl adjacent to an activating group) is 1. The van der Waals surface area contributed by atoms with E-state index in [4.69, 9.17) is 0 Å². The maximum absolute atomic E-state index is 15.7. The van der Waals surface area contributed by atoms with Crippen molar-refractivity contribution < 1.29 is 36.7 Å². The fourth-order valence-electron chi connectivity index (χ4n) is 7.36. The van der Waals surface area contributed by atoms with Crippen LogP contribution < -0.4 is 19.6 Å². The van der Waals surface area contributed by atoms with E-state index in [0.717, 1.165) is 21.9 Å². The van der Waals surface area contributed by atoms with Crippen LogP contribution in [-0.4, -0.2) is 88.9 Å². The third-order valence-electron chi connectivity index (χ3n) is 9.54. The number of fused-ring (bicyclic) bond motifs is 4. The first-order valence-corrected chi connectivity index (χ1v) is 15.2. The number of imidazole rings is 1. The highest BCUT2D eigenvalue weighted by Gasteiger charge is 2.54. The van der Waals surface area contributed by atoms with Crippen LogP contribution in [0.4, 0.5) is 40.7 Å². The van der Waals surface area contributed by atoms with E-state index < -0.39 is 52.8 Å². The van der Waals surface area contributed by atoms with Gasteiger partial charge in [0.2, 0.25) is 29.6 Å². The summed E-state index contributed by atoms with van der Waals surface area (Å²) < 4.78 is 58.7.